The standard InChI is InChI=1S/C13H22N2O9/c1-6(17)15(4-8(18)14-3-9(19)23-2)13-12(22)11(21)10(20)7(5-16)24-13/h7,10-13,16,20-22H,3-5H2,1-2H3,(H,14,18)/t7-,10+,11+,12-,13-/m1/s1. The molecule has 0 bridgehead atoms. The van der Waals surface area contributed by atoms with E-state index in [1.165, 1.54) is 0 Å². The Balaban J connectivity index is 2.81. The van der Waals surface area contributed by atoms with Gasteiger partial charge in [-0.3, -0.25) is 14.4 Å². The molecule has 1 aliphatic heterocycles. The molecule has 1 saturated heterocycles. The van der Waals surface area contributed by atoms with Crippen LogP contribution in [0.1, 0.15) is 6.92 Å². The van der Waals surface area contributed by atoms with Gasteiger partial charge in [0.2, 0.25) is 11.8 Å². The van der Waals surface area contributed by atoms with Gasteiger partial charge in [-0.1, -0.05) is 0 Å². The minimum absolute atomic E-state index is 0.407. The Morgan fingerprint density at radius 1 is 1.17 bits per heavy atom. The number of ether oxygens (including phenoxy) is 2. The molecule has 2 amide bonds. The highest BCUT2D eigenvalue weighted by Gasteiger charge is 2.46. The molecule has 0 unspecified atom stereocenters. The summed E-state index contributed by atoms with van der Waals surface area (Å²) in [5, 5.41) is 40.8. The first-order valence-electron chi connectivity index (χ1n) is 7.14. The molecule has 0 aromatic rings. The number of aliphatic hydroxyl groups excluding tert-OH is 4. The molecule has 11 heteroatoms. The Hall–Kier alpha value is -1.79. The van der Waals surface area contributed by atoms with Crippen molar-refractivity contribution < 1.29 is 44.3 Å². The summed E-state index contributed by atoms with van der Waals surface area (Å²) in [6, 6.07) is 0. The van der Waals surface area contributed by atoms with E-state index in [0.29, 0.717) is 0 Å². The third-order valence-corrected chi connectivity index (χ3v) is 3.55. The van der Waals surface area contributed by atoms with Crippen molar-refractivity contribution in [3.8, 4) is 0 Å². The molecular weight excluding hydrogens is 328 g/mol. The smallest absolute Gasteiger partial charge is 0.325 e. The summed E-state index contributed by atoms with van der Waals surface area (Å²) < 4.78 is 9.58. The van der Waals surface area contributed by atoms with E-state index >= 15 is 0 Å². The normalized spacial score (nSPS) is 29.7. The number of carbonyl (C=O) groups is 3. The van der Waals surface area contributed by atoms with Crippen molar-refractivity contribution in [2.75, 3.05) is 26.8 Å². The summed E-state index contributed by atoms with van der Waals surface area (Å²) in [7, 11) is 1.14. The number of aliphatic hydroxyl groups is 4. The van der Waals surface area contributed by atoms with Crippen molar-refractivity contribution in [2.45, 2.75) is 37.6 Å². The fraction of sp³-hybridized carbons (Fsp3) is 0.769. The first kappa shape index (κ1) is 20.3. The molecule has 0 aromatic carbocycles. The lowest BCUT2D eigenvalue weighted by atomic mass is 9.97. The number of hydrogen-bond acceptors (Lipinski definition) is 9. The van der Waals surface area contributed by atoms with Crippen LogP contribution < -0.4 is 5.32 Å². The molecule has 0 aromatic heterocycles. The predicted molar refractivity (Wildman–Crippen MR) is 76.2 cm³/mol. The van der Waals surface area contributed by atoms with Gasteiger partial charge in [0.25, 0.3) is 0 Å². The van der Waals surface area contributed by atoms with Gasteiger partial charge in [-0.15, -0.1) is 0 Å². The summed E-state index contributed by atoms with van der Waals surface area (Å²) >= 11 is 0. The van der Waals surface area contributed by atoms with Gasteiger partial charge >= 0.3 is 5.97 Å². The molecule has 1 aliphatic rings. The second kappa shape index (κ2) is 8.89. The summed E-state index contributed by atoms with van der Waals surface area (Å²) in [6.45, 7) is -0.540. The van der Waals surface area contributed by atoms with Crippen LogP contribution >= 0.6 is 0 Å². The minimum Gasteiger partial charge on any atom is -0.468 e. The average molecular weight is 350 g/mol. The van der Waals surface area contributed by atoms with Crippen molar-refractivity contribution >= 4 is 17.8 Å². The van der Waals surface area contributed by atoms with E-state index in [-0.39, 0.29) is 0 Å². The topological polar surface area (TPSA) is 166 Å². The Kier molecular flexibility index (Phi) is 7.51. The van der Waals surface area contributed by atoms with Gasteiger partial charge in [-0.25, -0.2) is 0 Å². The van der Waals surface area contributed by atoms with Crippen LogP contribution in [0.4, 0.5) is 0 Å². The lowest BCUT2D eigenvalue weighted by Gasteiger charge is -2.44. The molecule has 1 rings (SSSR count). The Bertz CT molecular complexity index is 470. The fourth-order valence-electron chi connectivity index (χ4n) is 2.17. The molecule has 0 radical (unpaired) electrons. The fourth-order valence-corrected chi connectivity index (χ4v) is 2.17. The number of nitrogens with one attached hydrogen (secondary N) is 1. The highest BCUT2D eigenvalue weighted by Crippen LogP contribution is 2.23. The molecule has 5 atom stereocenters. The van der Waals surface area contributed by atoms with Gasteiger partial charge in [0.1, 0.15) is 37.5 Å². The van der Waals surface area contributed by atoms with E-state index in [1.807, 2.05) is 0 Å². The van der Waals surface area contributed by atoms with Crippen LogP contribution in [-0.4, -0.2) is 101 Å². The van der Waals surface area contributed by atoms with Crippen molar-refractivity contribution in [1.82, 2.24) is 10.2 Å². The molecule has 138 valence electrons. The summed E-state index contributed by atoms with van der Waals surface area (Å²) in [6.07, 6.45) is -7.63. The summed E-state index contributed by atoms with van der Waals surface area (Å²) in [5.74, 6) is -2.08. The number of nitrogens with zero attached hydrogens (tertiary/aromatic N) is 1. The quantitative estimate of drug-likeness (QED) is 0.299. The van der Waals surface area contributed by atoms with Crippen LogP contribution in [0.25, 0.3) is 0 Å². The van der Waals surface area contributed by atoms with Crippen LogP contribution in [0, 0.1) is 0 Å². The monoisotopic (exact) mass is 350 g/mol. The maximum absolute atomic E-state index is 11.8. The van der Waals surface area contributed by atoms with Gasteiger partial charge < -0.3 is 40.1 Å². The van der Waals surface area contributed by atoms with Crippen LogP contribution in [0.2, 0.25) is 0 Å². The van der Waals surface area contributed by atoms with Crippen molar-refractivity contribution in [3.63, 3.8) is 0 Å². The lowest BCUT2D eigenvalue weighted by Crippen LogP contribution is -2.64. The molecular formula is C13H22N2O9. The molecule has 24 heavy (non-hydrogen) atoms. The molecule has 5 N–H and O–H groups in total. The first-order chi connectivity index (χ1) is 11.2. The molecule has 0 spiro atoms. The third kappa shape index (κ3) is 4.85. The lowest BCUT2D eigenvalue weighted by molar-refractivity contribution is -0.261. The molecule has 0 saturated carbocycles. The van der Waals surface area contributed by atoms with Gasteiger partial charge in [-0.05, 0) is 0 Å². The average Bonchev–Trinajstić information content (AvgIpc) is 2.56. The highest BCUT2D eigenvalue weighted by atomic mass is 16.6. The molecule has 11 nitrogen and oxygen atoms in total. The van der Waals surface area contributed by atoms with Gasteiger partial charge in [-0.2, -0.15) is 0 Å². The number of rotatable bonds is 6. The maximum Gasteiger partial charge on any atom is 0.325 e. The first-order valence-corrected chi connectivity index (χ1v) is 7.14. The van der Waals surface area contributed by atoms with Crippen LogP contribution in [0.5, 0.6) is 0 Å². The van der Waals surface area contributed by atoms with Crippen molar-refractivity contribution in [3.05, 3.63) is 0 Å². The van der Waals surface area contributed by atoms with E-state index in [0.717, 1.165) is 18.9 Å². The number of amides is 2. The number of carbonyl (C=O) groups excluding carboxylic acids is 3. The Morgan fingerprint density at radius 2 is 1.79 bits per heavy atom. The van der Waals surface area contributed by atoms with E-state index < -0.39 is 68.1 Å². The molecule has 0 aliphatic carbocycles. The predicted octanol–water partition coefficient (Wildman–Crippen LogP) is -4.08. The van der Waals surface area contributed by atoms with Crippen LogP contribution in [-0.2, 0) is 23.9 Å². The molecule has 1 fully saturated rings. The van der Waals surface area contributed by atoms with Crippen LogP contribution in [0.3, 0.4) is 0 Å². The molecule has 1 heterocycles. The van der Waals surface area contributed by atoms with Crippen molar-refractivity contribution in [1.29, 1.82) is 0 Å². The highest BCUT2D eigenvalue weighted by molar-refractivity contribution is 5.86. The zero-order valence-electron chi connectivity index (χ0n) is 13.3. The van der Waals surface area contributed by atoms with Gasteiger partial charge in [0.15, 0.2) is 6.23 Å². The second-order valence-electron chi connectivity index (χ2n) is 5.22. The van der Waals surface area contributed by atoms with E-state index in [2.05, 4.69) is 10.1 Å². The number of hydrogen-bond donors (Lipinski definition) is 5. The maximum atomic E-state index is 11.8. The van der Waals surface area contributed by atoms with Gasteiger partial charge in [0, 0.05) is 6.92 Å². The van der Waals surface area contributed by atoms with E-state index in [9.17, 15) is 29.7 Å². The summed E-state index contributed by atoms with van der Waals surface area (Å²) in [5.41, 5.74) is 0. The van der Waals surface area contributed by atoms with Crippen LogP contribution in [0.15, 0.2) is 0 Å². The van der Waals surface area contributed by atoms with E-state index in [1.54, 1.807) is 0 Å². The largest absolute Gasteiger partial charge is 0.468 e. The SMILES string of the molecule is COC(=O)CNC(=O)CN(C(C)=O)[C@@H]1O[C@H](CO)[C@H](O)[C@H](O)[C@H]1O. The third-order valence-electron chi connectivity index (χ3n) is 3.55. The number of esters is 1. The zero-order chi connectivity index (χ0) is 18.4. The summed E-state index contributed by atoms with van der Waals surface area (Å²) in [4.78, 5) is 35.4. The van der Waals surface area contributed by atoms with E-state index in [4.69, 9.17) is 9.84 Å². The van der Waals surface area contributed by atoms with Crippen molar-refractivity contribution in [2.24, 2.45) is 0 Å². The number of methoxy groups -OCH3 is 1. The minimum atomic E-state index is -1.69. The zero-order valence-corrected chi connectivity index (χ0v) is 13.3. The Morgan fingerprint density at radius 3 is 2.29 bits per heavy atom. The van der Waals surface area contributed by atoms with Gasteiger partial charge in [0.05, 0.1) is 13.7 Å². The Labute approximate surface area is 137 Å². The second-order valence-corrected chi connectivity index (χ2v) is 5.22.